The molecule has 0 fully saturated rings. The van der Waals surface area contributed by atoms with Crippen LogP contribution in [0.5, 0.6) is 0 Å². The van der Waals surface area contributed by atoms with Crippen molar-refractivity contribution in [2.45, 2.75) is 0 Å². The molecule has 0 aliphatic heterocycles. The van der Waals surface area contributed by atoms with Gasteiger partial charge >= 0.3 is 0 Å². The van der Waals surface area contributed by atoms with Gasteiger partial charge in [-0.15, -0.1) is 0 Å². The average molecular weight is 356 g/mol. The molecule has 126 valence electrons. The Morgan fingerprint density at radius 2 is 1.65 bits per heavy atom. The lowest BCUT2D eigenvalue weighted by atomic mass is 10.1. The van der Waals surface area contributed by atoms with Crippen LogP contribution < -0.4 is 5.32 Å². The Labute approximate surface area is 156 Å². The van der Waals surface area contributed by atoms with Crippen LogP contribution in [0.4, 0.5) is 5.69 Å². The summed E-state index contributed by atoms with van der Waals surface area (Å²) in [5.41, 5.74) is 5.49. The lowest BCUT2D eigenvalue weighted by Gasteiger charge is -2.08. The number of carbonyl (C=O) groups excluding carboxylic acids is 1. The molecule has 2 aromatic heterocycles. The lowest BCUT2D eigenvalue weighted by Crippen LogP contribution is -2.12. The van der Waals surface area contributed by atoms with Gasteiger partial charge in [0.2, 0.25) is 0 Å². The van der Waals surface area contributed by atoms with E-state index in [1.54, 1.807) is 23.7 Å². The first-order valence-electron chi connectivity index (χ1n) is 8.24. The Balaban J connectivity index is 1.57. The number of hydrogen-bond donors (Lipinski definition) is 1. The summed E-state index contributed by atoms with van der Waals surface area (Å²) in [5.74, 6) is -0.169. The Bertz CT molecular complexity index is 1030. The SMILES string of the molecule is O=C(Nc1cccc(-c2ccsc2)c1)c1cncc(-c2ccccc2)c1. The number of anilines is 1. The van der Waals surface area contributed by atoms with Crippen molar-refractivity contribution in [1.82, 2.24) is 4.98 Å². The Morgan fingerprint density at radius 3 is 2.46 bits per heavy atom. The second kappa shape index (κ2) is 7.33. The second-order valence-corrected chi connectivity index (χ2v) is 6.66. The van der Waals surface area contributed by atoms with Crippen molar-refractivity contribution in [3.8, 4) is 22.3 Å². The van der Waals surface area contributed by atoms with Gasteiger partial charge in [-0.25, -0.2) is 0 Å². The molecular weight excluding hydrogens is 340 g/mol. The fraction of sp³-hybridized carbons (Fsp3) is 0. The van der Waals surface area contributed by atoms with Crippen LogP contribution in [0, 0.1) is 0 Å². The minimum atomic E-state index is -0.169. The molecule has 0 spiro atoms. The number of thiophene rings is 1. The molecule has 2 aromatic carbocycles. The topological polar surface area (TPSA) is 42.0 Å². The number of carbonyl (C=O) groups is 1. The van der Waals surface area contributed by atoms with Crippen molar-refractivity contribution in [2.24, 2.45) is 0 Å². The van der Waals surface area contributed by atoms with Crippen LogP contribution in [0.1, 0.15) is 10.4 Å². The molecule has 0 saturated carbocycles. The summed E-state index contributed by atoms with van der Waals surface area (Å²) in [6.07, 6.45) is 3.35. The Kier molecular flexibility index (Phi) is 4.58. The van der Waals surface area contributed by atoms with E-state index in [0.717, 1.165) is 27.9 Å². The van der Waals surface area contributed by atoms with E-state index in [1.807, 2.05) is 66.0 Å². The molecule has 0 bridgehead atoms. The predicted octanol–water partition coefficient (Wildman–Crippen LogP) is 5.73. The van der Waals surface area contributed by atoms with Gasteiger partial charge in [0.1, 0.15) is 0 Å². The van der Waals surface area contributed by atoms with Crippen LogP contribution in [-0.4, -0.2) is 10.9 Å². The molecule has 0 aliphatic rings. The van der Waals surface area contributed by atoms with E-state index in [0.29, 0.717) is 5.56 Å². The first-order valence-corrected chi connectivity index (χ1v) is 9.18. The fourth-order valence-corrected chi connectivity index (χ4v) is 3.43. The number of nitrogens with zero attached hydrogens (tertiary/aromatic N) is 1. The molecular formula is C22H16N2OS. The normalized spacial score (nSPS) is 10.5. The smallest absolute Gasteiger partial charge is 0.257 e. The molecule has 1 N–H and O–H groups in total. The summed E-state index contributed by atoms with van der Waals surface area (Å²) in [5, 5.41) is 7.10. The Morgan fingerprint density at radius 1 is 0.808 bits per heavy atom. The largest absolute Gasteiger partial charge is 0.322 e. The van der Waals surface area contributed by atoms with Crippen molar-refractivity contribution < 1.29 is 4.79 Å². The summed E-state index contributed by atoms with van der Waals surface area (Å²) in [7, 11) is 0. The van der Waals surface area contributed by atoms with Gasteiger partial charge in [0.15, 0.2) is 0 Å². The van der Waals surface area contributed by atoms with Gasteiger partial charge in [0, 0.05) is 23.6 Å². The molecule has 0 unspecified atom stereocenters. The highest BCUT2D eigenvalue weighted by Gasteiger charge is 2.09. The highest BCUT2D eigenvalue weighted by atomic mass is 32.1. The minimum absolute atomic E-state index is 0.169. The third-order valence-corrected chi connectivity index (χ3v) is 4.77. The monoisotopic (exact) mass is 356 g/mol. The molecule has 26 heavy (non-hydrogen) atoms. The number of benzene rings is 2. The molecule has 4 heteroatoms. The zero-order valence-corrected chi connectivity index (χ0v) is 14.7. The fourth-order valence-electron chi connectivity index (χ4n) is 2.76. The summed E-state index contributed by atoms with van der Waals surface area (Å²) in [6.45, 7) is 0. The maximum absolute atomic E-state index is 12.6. The maximum Gasteiger partial charge on any atom is 0.257 e. The highest BCUT2D eigenvalue weighted by Crippen LogP contribution is 2.25. The van der Waals surface area contributed by atoms with E-state index in [1.165, 1.54) is 0 Å². The maximum atomic E-state index is 12.6. The molecule has 4 aromatic rings. The average Bonchev–Trinajstić information content (AvgIpc) is 3.24. The van der Waals surface area contributed by atoms with E-state index in [9.17, 15) is 4.79 Å². The summed E-state index contributed by atoms with van der Waals surface area (Å²) < 4.78 is 0. The van der Waals surface area contributed by atoms with Gasteiger partial charge in [0.05, 0.1) is 5.56 Å². The molecule has 0 aliphatic carbocycles. The number of aromatic nitrogens is 1. The minimum Gasteiger partial charge on any atom is -0.322 e. The van der Waals surface area contributed by atoms with Crippen molar-refractivity contribution in [1.29, 1.82) is 0 Å². The highest BCUT2D eigenvalue weighted by molar-refractivity contribution is 7.08. The van der Waals surface area contributed by atoms with E-state index < -0.39 is 0 Å². The summed E-state index contributed by atoms with van der Waals surface area (Å²) in [6, 6.07) is 21.7. The third kappa shape index (κ3) is 3.55. The second-order valence-electron chi connectivity index (χ2n) is 5.88. The number of rotatable bonds is 4. The van der Waals surface area contributed by atoms with Crippen LogP contribution in [0.15, 0.2) is 89.9 Å². The van der Waals surface area contributed by atoms with Crippen LogP contribution >= 0.6 is 11.3 Å². The number of pyridine rings is 1. The van der Waals surface area contributed by atoms with Gasteiger partial charge in [-0.3, -0.25) is 9.78 Å². The van der Waals surface area contributed by atoms with E-state index >= 15 is 0 Å². The summed E-state index contributed by atoms with van der Waals surface area (Å²) >= 11 is 1.65. The predicted molar refractivity (Wildman–Crippen MR) is 107 cm³/mol. The van der Waals surface area contributed by atoms with Crippen molar-refractivity contribution in [3.63, 3.8) is 0 Å². The molecule has 3 nitrogen and oxygen atoms in total. The van der Waals surface area contributed by atoms with Gasteiger partial charge in [-0.05, 0) is 51.7 Å². The number of amides is 1. The van der Waals surface area contributed by atoms with Crippen molar-refractivity contribution in [2.75, 3.05) is 5.32 Å². The van der Waals surface area contributed by atoms with Crippen molar-refractivity contribution in [3.05, 3.63) is 95.4 Å². The quantitative estimate of drug-likeness (QED) is 0.507. The van der Waals surface area contributed by atoms with Gasteiger partial charge in [0.25, 0.3) is 5.91 Å². The standard InChI is InChI=1S/C22H16N2OS/c25-22(20-11-19(13-23-14-20)16-5-2-1-3-6-16)24-21-8-4-7-17(12-21)18-9-10-26-15-18/h1-15H,(H,24,25). The first kappa shape index (κ1) is 16.2. The van der Waals surface area contributed by atoms with Crippen LogP contribution in [-0.2, 0) is 0 Å². The van der Waals surface area contributed by atoms with Gasteiger partial charge in [-0.1, -0.05) is 42.5 Å². The molecule has 1 amide bonds. The lowest BCUT2D eigenvalue weighted by molar-refractivity contribution is 0.102. The van der Waals surface area contributed by atoms with Crippen LogP contribution in [0.3, 0.4) is 0 Å². The molecule has 0 saturated heterocycles. The molecule has 0 atom stereocenters. The van der Waals surface area contributed by atoms with Gasteiger partial charge < -0.3 is 5.32 Å². The van der Waals surface area contributed by atoms with Crippen molar-refractivity contribution >= 4 is 22.9 Å². The number of nitrogens with one attached hydrogen (secondary N) is 1. The van der Waals surface area contributed by atoms with E-state index in [2.05, 4.69) is 21.7 Å². The van der Waals surface area contributed by atoms with E-state index in [-0.39, 0.29) is 5.91 Å². The third-order valence-electron chi connectivity index (χ3n) is 4.08. The number of hydrogen-bond acceptors (Lipinski definition) is 3. The molecule has 2 heterocycles. The van der Waals surface area contributed by atoms with Gasteiger partial charge in [-0.2, -0.15) is 11.3 Å². The zero-order valence-electron chi connectivity index (χ0n) is 13.9. The molecule has 0 radical (unpaired) electrons. The van der Waals surface area contributed by atoms with Crippen LogP contribution in [0.2, 0.25) is 0 Å². The Hall–Kier alpha value is -3.24. The van der Waals surface area contributed by atoms with E-state index in [4.69, 9.17) is 0 Å². The molecule has 4 rings (SSSR count). The van der Waals surface area contributed by atoms with Crippen LogP contribution in [0.25, 0.3) is 22.3 Å². The zero-order chi connectivity index (χ0) is 17.8. The first-order chi connectivity index (χ1) is 12.8. The summed E-state index contributed by atoms with van der Waals surface area (Å²) in [4.78, 5) is 16.9.